The molecule has 130 valence electrons. The van der Waals surface area contributed by atoms with Crippen LogP contribution in [-0.4, -0.2) is 35.0 Å². The largest absolute Gasteiger partial charge is 0.426 e. The van der Waals surface area contributed by atoms with Crippen LogP contribution in [0.2, 0.25) is 0 Å². The molecule has 1 aromatic heterocycles. The third-order valence-electron chi connectivity index (χ3n) is 3.91. The number of hydrogen-bond acceptors (Lipinski definition) is 6. The fourth-order valence-electron chi connectivity index (χ4n) is 2.38. The van der Waals surface area contributed by atoms with E-state index in [1.54, 1.807) is 19.2 Å². The summed E-state index contributed by atoms with van der Waals surface area (Å²) in [4.78, 5) is 32.9. The van der Waals surface area contributed by atoms with Crippen LogP contribution in [0, 0.1) is 0 Å². The van der Waals surface area contributed by atoms with E-state index in [0.717, 1.165) is 17.2 Å². The summed E-state index contributed by atoms with van der Waals surface area (Å²) in [5.74, 6) is 0.875. The third-order valence-corrected chi connectivity index (χ3v) is 5.28. The maximum atomic E-state index is 12.8. The Morgan fingerprint density at radius 1 is 1.54 bits per heavy atom. The highest BCUT2D eigenvalue weighted by Gasteiger charge is 2.39. The highest BCUT2D eigenvalue weighted by molar-refractivity contribution is 8.16. The highest BCUT2D eigenvalue weighted by Crippen LogP contribution is 2.30. The van der Waals surface area contributed by atoms with Gasteiger partial charge in [-0.05, 0) is 26.3 Å². The Bertz CT molecular complexity index is 726. The number of hydrogen-bond donors (Lipinski definition) is 1. The number of carbonyl (C=O) groups excluding carboxylic acids is 1. The van der Waals surface area contributed by atoms with Crippen LogP contribution in [0.1, 0.15) is 45.4 Å². The number of thioether (sulfide) groups is 1. The Morgan fingerprint density at radius 2 is 2.29 bits per heavy atom. The minimum atomic E-state index is -0.840. The van der Waals surface area contributed by atoms with Crippen molar-refractivity contribution in [2.24, 2.45) is 9.98 Å². The molecular weight excluding hydrogens is 326 g/mol. The molecule has 0 fully saturated rings. The molecule has 1 aromatic rings. The molecule has 24 heavy (non-hydrogen) atoms. The molecule has 7 heteroatoms. The lowest BCUT2D eigenvalue weighted by Crippen LogP contribution is -2.45. The van der Waals surface area contributed by atoms with Crippen LogP contribution < -0.4 is 10.9 Å². The van der Waals surface area contributed by atoms with Crippen molar-refractivity contribution in [1.82, 2.24) is 5.32 Å². The summed E-state index contributed by atoms with van der Waals surface area (Å²) in [6.07, 6.45) is 1.54. The fourth-order valence-corrected chi connectivity index (χ4v) is 3.56. The second-order valence-corrected chi connectivity index (χ2v) is 6.92. The van der Waals surface area contributed by atoms with E-state index >= 15 is 0 Å². The van der Waals surface area contributed by atoms with Crippen molar-refractivity contribution in [3.8, 4) is 0 Å². The van der Waals surface area contributed by atoms with Crippen molar-refractivity contribution in [3.63, 3.8) is 0 Å². The van der Waals surface area contributed by atoms with Crippen LogP contribution in [0.5, 0.6) is 0 Å². The van der Waals surface area contributed by atoms with Crippen molar-refractivity contribution in [2.45, 2.75) is 45.2 Å². The number of rotatable bonds is 6. The molecule has 2 rings (SSSR count). The maximum Gasteiger partial charge on any atom is 0.335 e. The monoisotopic (exact) mass is 349 g/mol. The van der Waals surface area contributed by atoms with E-state index in [0.29, 0.717) is 17.9 Å². The average molecular weight is 349 g/mol. The first-order valence-electron chi connectivity index (χ1n) is 7.97. The van der Waals surface area contributed by atoms with Gasteiger partial charge in [0.15, 0.2) is 0 Å². The Hall–Kier alpha value is -1.89. The van der Waals surface area contributed by atoms with Crippen LogP contribution in [0.3, 0.4) is 0 Å². The Kier molecular flexibility index (Phi) is 5.99. The number of carbonyl (C=O) groups is 1. The van der Waals surface area contributed by atoms with Gasteiger partial charge in [0, 0.05) is 18.9 Å². The summed E-state index contributed by atoms with van der Waals surface area (Å²) < 4.78 is 5.23. The van der Waals surface area contributed by atoms with Crippen molar-refractivity contribution in [2.75, 3.05) is 12.8 Å². The quantitative estimate of drug-likeness (QED) is 0.800. The van der Waals surface area contributed by atoms with E-state index < -0.39 is 11.2 Å². The molecule has 0 aliphatic carbocycles. The molecule has 1 aliphatic heterocycles. The number of nitrogens with one attached hydrogen (secondary N) is 1. The summed E-state index contributed by atoms with van der Waals surface area (Å²) in [6, 6.07) is 4.38. The van der Waals surface area contributed by atoms with Crippen LogP contribution in [0.4, 0.5) is 0 Å². The molecule has 0 bridgehead atoms. The minimum Gasteiger partial charge on any atom is -0.426 e. The zero-order valence-electron chi connectivity index (χ0n) is 14.5. The summed E-state index contributed by atoms with van der Waals surface area (Å²) in [5, 5.41) is 3.79. The lowest BCUT2D eigenvalue weighted by Gasteiger charge is -2.23. The molecule has 1 amide bonds. The normalized spacial score (nSPS) is 22.2. The predicted molar refractivity (Wildman–Crippen MR) is 98.1 cm³/mol. The van der Waals surface area contributed by atoms with Gasteiger partial charge in [0.05, 0.1) is 11.8 Å². The molecule has 0 saturated carbocycles. The summed E-state index contributed by atoms with van der Waals surface area (Å²) in [6.45, 7) is 5.72. The van der Waals surface area contributed by atoms with Gasteiger partial charge in [0.2, 0.25) is 5.91 Å². The maximum absolute atomic E-state index is 12.8. The molecule has 2 heterocycles. The van der Waals surface area contributed by atoms with Crippen molar-refractivity contribution in [3.05, 3.63) is 34.4 Å². The van der Waals surface area contributed by atoms with Crippen LogP contribution in [0.25, 0.3) is 0 Å². The van der Waals surface area contributed by atoms with Crippen molar-refractivity contribution >= 4 is 28.4 Å². The molecule has 1 N–H and O–H groups in total. The SMILES string of the molecule is CCC[C@@H](NC(=O)[C@]1(C)CSC(C(C)=NC)=N1)c1cccc(=O)o1. The molecule has 0 aromatic carbocycles. The van der Waals surface area contributed by atoms with E-state index in [2.05, 4.69) is 15.3 Å². The van der Waals surface area contributed by atoms with E-state index in [-0.39, 0.29) is 11.9 Å². The van der Waals surface area contributed by atoms with Gasteiger partial charge in [-0.25, -0.2) is 4.79 Å². The molecule has 0 unspecified atom stereocenters. The van der Waals surface area contributed by atoms with E-state index in [1.165, 1.54) is 17.8 Å². The molecule has 2 atom stereocenters. The van der Waals surface area contributed by atoms with E-state index in [9.17, 15) is 9.59 Å². The standard InChI is InChI=1S/C17H23N3O3S/c1-5-7-12(13-8-6-9-14(21)23-13)19-16(22)17(3)10-24-15(20-17)11(2)18-4/h6,8-9,12H,5,7,10H2,1-4H3,(H,19,22)/t12-,17+/m1/s1. The fraction of sp³-hybridized carbons (Fsp3) is 0.529. The van der Waals surface area contributed by atoms with Gasteiger partial charge in [-0.1, -0.05) is 19.4 Å². The van der Waals surface area contributed by atoms with Crippen molar-refractivity contribution < 1.29 is 9.21 Å². The molecule has 0 radical (unpaired) electrons. The van der Waals surface area contributed by atoms with Crippen molar-refractivity contribution in [1.29, 1.82) is 0 Å². The van der Waals surface area contributed by atoms with Gasteiger partial charge in [0.25, 0.3) is 0 Å². The van der Waals surface area contributed by atoms with E-state index in [4.69, 9.17) is 4.42 Å². The Balaban J connectivity index is 2.19. The summed E-state index contributed by atoms with van der Waals surface area (Å²) in [7, 11) is 1.71. The zero-order valence-corrected chi connectivity index (χ0v) is 15.3. The van der Waals surface area contributed by atoms with Crippen LogP contribution >= 0.6 is 11.8 Å². The number of amides is 1. The van der Waals surface area contributed by atoms with Gasteiger partial charge in [-0.3, -0.25) is 14.8 Å². The van der Waals surface area contributed by atoms with Gasteiger partial charge < -0.3 is 9.73 Å². The molecule has 0 saturated heterocycles. The second kappa shape index (κ2) is 7.79. The van der Waals surface area contributed by atoms with Gasteiger partial charge >= 0.3 is 5.63 Å². The van der Waals surface area contributed by atoms with Gasteiger partial charge in [0.1, 0.15) is 16.3 Å². The zero-order chi connectivity index (χ0) is 17.7. The molecular formula is C17H23N3O3S. The predicted octanol–water partition coefficient (Wildman–Crippen LogP) is 2.59. The highest BCUT2D eigenvalue weighted by atomic mass is 32.2. The smallest absolute Gasteiger partial charge is 0.335 e. The first-order valence-corrected chi connectivity index (χ1v) is 8.95. The van der Waals surface area contributed by atoms with Crippen LogP contribution in [-0.2, 0) is 4.79 Å². The number of nitrogens with zero attached hydrogens (tertiary/aromatic N) is 2. The lowest BCUT2D eigenvalue weighted by molar-refractivity contribution is -0.125. The molecule has 1 aliphatic rings. The van der Waals surface area contributed by atoms with E-state index in [1.807, 2.05) is 20.8 Å². The minimum absolute atomic E-state index is 0.168. The first kappa shape index (κ1) is 18.4. The molecule has 0 spiro atoms. The lowest BCUT2D eigenvalue weighted by atomic mass is 10.0. The summed E-state index contributed by atoms with van der Waals surface area (Å²) in [5.41, 5.74) is -0.427. The van der Waals surface area contributed by atoms with Gasteiger partial charge in [-0.15, -0.1) is 11.8 Å². The Morgan fingerprint density at radius 3 is 2.92 bits per heavy atom. The molecule has 6 nitrogen and oxygen atoms in total. The average Bonchev–Trinajstić information content (AvgIpc) is 2.97. The van der Waals surface area contributed by atoms with Crippen LogP contribution in [0.15, 0.2) is 37.4 Å². The van der Waals surface area contributed by atoms with Gasteiger partial charge in [-0.2, -0.15) is 0 Å². The topological polar surface area (TPSA) is 84.0 Å². The number of aliphatic imine (C=N–C) groups is 2. The third kappa shape index (κ3) is 4.14. The second-order valence-electron chi connectivity index (χ2n) is 5.95. The Labute approximate surface area is 145 Å². The first-order chi connectivity index (χ1) is 11.4. The summed E-state index contributed by atoms with van der Waals surface area (Å²) >= 11 is 1.53.